The Bertz CT molecular complexity index is 531. The molecule has 0 spiro atoms. The van der Waals surface area contributed by atoms with Crippen LogP contribution in [0.15, 0.2) is 30.6 Å². The fourth-order valence-corrected chi connectivity index (χ4v) is 2.25. The molecule has 2 aromatic heterocycles. The van der Waals surface area contributed by atoms with E-state index in [1.54, 1.807) is 6.20 Å². The summed E-state index contributed by atoms with van der Waals surface area (Å²) < 4.78 is 7.39. The highest BCUT2D eigenvalue weighted by Gasteiger charge is 2.07. The zero-order valence-electron chi connectivity index (χ0n) is 13.0. The number of hydrogen-bond donors (Lipinski definition) is 1. The molecule has 1 N–H and O–H groups in total. The van der Waals surface area contributed by atoms with E-state index in [1.165, 1.54) is 0 Å². The lowest BCUT2D eigenvalue weighted by molar-refractivity contribution is 0.327. The molecule has 114 valence electrons. The fourth-order valence-electron chi connectivity index (χ4n) is 2.25. The molecule has 0 saturated carbocycles. The Labute approximate surface area is 126 Å². The summed E-state index contributed by atoms with van der Waals surface area (Å²) in [6.07, 6.45) is 6.05. The normalized spacial score (nSPS) is 10.9. The van der Waals surface area contributed by atoms with Gasteiger partial charge in [-0.05, 0) is 31.9 Å². The molecule has 0 radical (unpaired) electrons. The van der Waals surface area contributed by atoms with Gasteiger partial charge in [-0.15, -0.1) is 0 Å². The molecule has 0 saturated heterocycles. The van der Waals surface area contributed by atoms with E-state index in [1.807, 2.05) is 19.1 Å². The SMILES string of the molecule is CCOc1ccc(NCc2ccn(C(CC)CC)n2)cn1. The van der Waals surface area contributed by atoms with Crippen molar-refractivity contribution in [1.29, 1.82) is 0 Å². The van der Waals surface area contributed by atoms with Crippen LogP contribution in [0.5, 0.6) is 5.88 Å². The molecule has 0 atom stereocenters. The smallest absolute Gasteiger partial charge is 0.213 e. The Morgan fingerprint density at radius 3 is 2.62 bits per heavy atom. The molecule has 0 aliphatic carbocycles. The third-order valence-corrected chi connectivity index (χ3v) is 3.48. The molecule has 0 aliphatic heterocycles. The van der Waals surface area contributed by atoms with E-state index in [9.17, 15) is 0 Å². The van der Waals surface area contributed by atoms with Crippen LogP contribution in [0.1, 0.15) is 45.3 Å². The van der Waals surface area contributed by atoms with E-state index >= 15 is 0 Å². The summed E-state index contributed by atoms with van der Waals surface area (Å²) >= 11 is 0. The van der Waals surface area contributed by atoms with Gasteiger partial charge in [0, 0.05) is 12.3 Å². The summed E-state index contributed by atoms with van der Waals surface area (Å²) in [5, 5.41) is 7.95. The Kier molecular flexibility index (Phi) is 5.60. The van der Waals surface area contributed by atoms with Gasteiger partial charge in [0.05, 0.1) is 36.8 Å². The van der Waals surface area contributed by atoms with E-state index in [4.69, 9.17) is 4.74 Å². The largest absolute Gasteiger partial charge is 0.478 e. The molecule has 0 aliphatic rings. The molecule has 0 fully saturated rings. The molecule has 5 heteroatoms. The number of aromatic nitrogens is 3. The van der Waals surface area contributed by atoms with Gasteiger partial charge in [-0.25, -0.2) is 4.98 Å². The molecular formula is C16H24N4O. The van der Waals surface area contributed by atoms with Crippen LogP contribution in [0.3, 0.4) is 0 Å². The predicted octanol–water partition coefficient (Wildman–Crippen LogP) is 3.65. The Hall–Kier alpha value is -2.04. The van der Waals surface area contributed by atoms with Gasteiger partial charge in [0.15, 0.2) is 0 Å². The molecule has 2 heterocycles. The highest BCUT2D eigenvalue weighted by Crippen LogP contribution is 2.16. The molecule has 0 aromatic carbocycles. The third kappa shape index (κ3) is 4.21. The van der Waals surface area contributed by atoms with Crippen LogP contribution < -0.4 is 10.1 Å². The van der Waals surface area contributed by atoms with Crippen LogP contribution in [-0.4, -0.2) is 21.4 Å². The second kappa shape index (κ2) is 7.67. The monoisotopic (exact) mass is 288 g/mol. The average molecular weight is 288 g/mol. The van der Waals surface area contributed by atoms with Gasteiger partial charge in [-0.1, -0.05) is 13.8 Å². The first-order valence-electron chi connectivity index (χ1n) is 7.63. The standard InChI is InChI=1S/C16H24N4O/c1-4-15(5-2)20-10-9-14(19-20)12-17-13-7-8-16(18-11-13)21-6-3/h7-11,15,17H,4-6,12H2,1-3H3. The lowest BCUT2D eigenvalue weighted by atomic mass is 10.2. The first-order valence-corrected chi connectivity index (χ1v) is 7.63. The summed E-state index contributed by atoms with van der Waals surface area (Å²) in [5.41, 5.74) is 2.01. The third-order valence-electron chi connectivity index (χ3n) is 3.48. The first kappa shape index (κ1) is 15.4. The lowest BCUT2D eigenvalue weighted by Gasteiger charge is -2.12. The summed E-state index contributed by atoms with van der Waals surface area (Å²) in [6.45, 7) is 7.67. The summed E-state index contributed by atoms with van der Waals surface area (Å²) in [7, 11) is 0. The number of rotatable bonds is 8. The maximum absolute atomic E-state index is 5.32. The summed E-state index contributed by atoms with van der Waals surface area (Å²) in [4.78, 5) is 4.23. The second-order valence-corrected chi connectivity index (χ2v) is 4.93. The lowest BCUT2D eigenvalue weighted by Crippen LogP contribution is -2.09. The van der Waals surface area contributed by atoms with Gasteiger partial charge in [0.25, 0.3) is 0 Å². The van der Waals surface area contributed by atoms with Crippen LogP contribution >= 0.6 is 0 Å². The van der Waals surface area contributed by atoms with Crippen LogP contribution in [0.25, 0.3) is 0 Å². The Balaban J connectivity index is 1.90. The van der Waals surface area contributed by atoms with Gasteiger partial charge in [-0.3, -0.25) is 4.68 Å². The van der Waals surface area contributed by atoms with Crippen molar-refractivity contribution in [1.82, 2.24) is 14.8 Å². The van der Waals surface area contributed by atoms with Gasteiger partial charge in [0.2, 0.25) is 5.88 Å². The van der Waals surface area contributed by atoms with Crippen LogP contribution in [0.4, 0.5) is 5.69 Å². The van der Waals surface area contributed by atoms with Crippen molar-refractivity contribution in [2.45, 2.75) is 46.2 Å². The van der Waals surface area contributed by atoms with E-state index in [0.29, 0.717) is 25.1 Å². The molecule has 0 amide bonds. The number of ether oxygens (including phenoxy) is 1. The molecule has 5 nitrogen and oxygen atoms in total. The van der Waals surface area contributed by atoms with Crippen molar-refractivity contribution in [2.75, 3.05) is 11.9 Å². The topological polar surface area (TPSA) is 52.0 Å². The maximum Gasteiger partial charge on any atom is 0.213 e. The number of pyridine rings is 1. The minimum absolute atomic E-state index is 0.492. The molecule has 21 heavy (non-hydrogen) atoms. The minimum Gasteiger partial charge on any atom is -0.478 e. The quantitative estimate of drug-likeness (QED) is 0.805. The van der Waals surface area contributed by atoms with Crippen molar-refractivity contribution in [3.05, 3.63) is 36.3 Å². The second-order valence-electron chi connectivity index (χ2n) is 4.93. The summed E-state index contributed by atoms with van der Waals surface area (Å²) in [5.74, 6) is 0.654. The van der Waals surface area contributed by atoms with E-state index in [0.717, 1.165) is 24.2 Å². The number of hydrogen-bond acceptors (Lipinski definition) is 4. The average Bonchev–Trinajstić information content (AvgIpc) is 2.97. The van der Waals surface area contributed by atoms with Gasteiger partial charge in [-0.2, -0.15) is 5.10 Å². The van der Waals surface area contributed by atoms with Crippen molar-refractivity contribution in [2.24, 2.45) is 0 Å². The molecule has 0 unspecified atom stereocenters. The zero-order valence-corrected chi connectivity index (χ0v) is 13.0. The molecule has 2 aromatic rings. The minimum atomic E-state index is 0.492. The van der Waals surface area contributed by atoms with Crippen LogP contribution in [0, 0.1) is 0 Å². The highest BCUT2D eigenvalue weighted by molar-refractivity contribution is 5.42. The van der Waals surface area contributed by atoms with Gasteiger partial charge in [0.1, 0.15) is 0 Å². The number of anilines is 1. The van der Waals surface area contributed by atoms with Crippen LogP contribution in [0.2, 0.25) is 0 Å². The maximum atomic E-state index is 5.32. The van der Waals surface area contributed by atoms with E-state index in [-0.39, 0.29) is 0 Å². The number of nitrogens with one attached hydrogen (secondary N) is 1. The van der Waals surface area contributed by atoms with Gasteiger partial charge >= 0.3 is 0 Å². The molecule has 2 rings (SSSR count). The highest BCUT2D eigenvalue weighted by atomic mass is 16.5. The van der Waals surface area contributed by atoms with Crippen molar-refractivity contribution >= 4 is 5.69 Å². The summed E-state index contributed by atoms with van der Waals surface area (Å²) in [6, 6.07) is 6.39. The van der Waals surface area contributed by atoms with Crippen LogP contribution in [-0.2, 0) is 6.54 Å². The Morgan fingerprint density at radius 2 is 2.00 bits per heavy atom. The van der Waals surface area contributed by atoms with Gasteiger partial charge < -0.3 is 10.1 Å². The number of nitrogens with zero attached hydrogens (tertiary/aromatic N) is 3. The van der Waals surface area contributed by atoms with Crippen molar-refractivity contribution in [3.8, 4) is 5.88 Å². The van der Waals surface area contributed by atoms with Crippen molar-refractivity contribution < 1.29 is 4.74 Å². The van der Waals surface area contributed by atoms with E-state index in [2.05, 4.69) is 46.2 Å². The van der Waals surface area contributed by atoms with Crippen molar-refractivity contribution in [3.63, 3.8) is 0 Å². The zero-order chi connectivity index (χ0) is 15.1. The van der Waals surface area contributed by atoms with E-state index < -0.39 is 0 Å². The molecular weight excluding hydrogens is 264 g/mol. The Morgan fingerprint density at radius 1 is 1.19 bits per heavy atom. The molecule has 0 bridgehead atoms. The predicted molar refractivity (Wildman–Crippen MR) is 84.6 cm³/mol. The fraction of sp³-hybridized carbons (Fsp3) is 0.500. The first-order chi connectivity index (χ1) is 10.3.